The fourth-order valence-corrected chi connectivity index (χ4v) is 6.33. The Hall–Kier alpha value is -2.49. The molecule has 32 heavy (non-hydrogen) atoms. The lowest BCUT2D eigenvalue weighted by Gasteiger charge is -2.30. The molecule has 3 aromatic rings. The second-order valence-corrected chi connectivity index (χ2v) is 11.2. The number of amides is 1. The minimum Gasteiger partial charge on any atom is -0.497 e. The van der Waals surface area contributed by atoms with E-state index < -0.39 is 10.0 Å². The first-order valence-electron chi connectivity index (χ1n) is 10.6. The highest BCUT2D eigenvalue weighted by Gasteiger charge is 2.32. The van der Waals surface area contributed by atoms with Crippen LogP contribution in [0.5, 0.6) is 5.75 Å². The second kappa shape index (κ2) is 9.17. The molecule has 0 bridgehead atoms. The summed E-state index contributed by atoms with van der Waals surface area (Å²) in [6.07, 6.45) is 0.951. The van der Waals surface area contributed by atoms with Crippen molar-refractivity contribution in [2.24, 2.45) is 5.92 Å². The molecule has 7 nitrogen and oxygen atoms in total. The minimum absolute atomic E-state index is 0.100. The molecule has 0 saturated carbocycles. The molecule has 1 saturated heterocycles. The van der Waals surface area contributed by atoms with Gasteiger partial charge in [0.2, 0.25) is 15.9 Å². The molecule has 1 amide bonds. The molecule has 170 valence electrons. The largest absolute Gasteiger partial charge is 0.497 e. The van der Waals surface area contributed by atoms with Crippen molar-refractivity contribution in [1.82, 2.24) is 9.29 Å². The molecule has 2 aromatic carbocycles. The number of nitrogens with one attached hydrogen (secondary N) is 1. The number of sulfonamides is 1. The van der Waals surface area contributed by atoms with E-state index in [1.54, 1.807) is 24.3 Å². The Bertz CT molecular complexity index is 1210. The summed E-state index contributed by atoms with van der Waals surface area (Å²) >= 11 is 1.47. The molecule has 1 aromatic heterocycles. The normalized spacial score (nSPS) is 15.9. The first kappa shape index (κ1) is 22.7. The average Bonchev–Trinajstić information content (AvgIpc) is 3.21. The van der Waals surface area contributed by atoms with Crippen molar-refractivity contribution >= 4 is 42.6 Å². The number of ether oxygens (including phenoxy) is 1. The van der Waals surface area contributed by atoms with E-state index >= 15 is 0 Å². The van der Waals surface area contributed by atoms with E-state index in [4.69, 9.17) is 4.74 Å². The number of thiazole rings is 1. The number of hydrogen-bond donors (Lipinski definition) is 1. The Kier molecular flexibility index (Phi) is 6.50. The van der Waals surface area contributed by atoms with E-state index in [9.17, 15) is 13.2 Å². The van der Waals surface area contributed by atoms with Gasteiger partial charge in [0.25, 0.3) is 0 Å². The zero-order valence-corrected chi connectivity index (χ0v) is 20.0. The van der Waals surface area contributed by atoms with Crippen molar-refractivity contribution < 1.29 is 17.9 Å². The lowest BCUT2D eigenvalue weighted by Crippen LogP contribution is -2.41. The summed E-state index contributed by atoms with van der Waals surface area (Å²) in [4.78, 5) is 17.7. The number of carbonyl (C=O) groups excluding carboxylic acids is 1. The van der Waals surface area contributed by atoms with Crippen LogP contribution in [0.2, 0.25) is 0 Å². The van der Waals surface area contributed by atoms with Gasteiger partial charge in [-0.2, -0.15) is 4.31 Å². The van der Waals surface area contributed by atoms with Crippen LogP contribution in [0.3, 0.4) is 0 Å². The van der Waals surface area contributed by atoms with Gasteiger partial charge in [-0.1, -0.05) is 37.3 Å². The van der Waals surface area contributed by atoms with E-state index in [-0.39, 0.29) is 16.7 Å². The van der Waals surface area contributed by atoms with Gasteiger partial charge in [0.05, 0.1) is 22.2 Å². The van der Waals surface area contributed by atoms with Crippen LogP contribution in [0, 0.1) is 5.92 Å². The number of aromatic nitrogens is 1. The molecule has 0 unspecified atom stereocenters. The third kappa shape index (κ3) is 4.51. The van der Waals surface area contributed by atoms with Gasteiger partial charge in [-0.25, -0.2) is 13.4 Å². The van der Waals surface area contributed by atoms with Crippen LogP contribution in [0.15, 0.2) is 47.4 Å². The molecule has 0 atom stereocenters. The van der Waals surface area contributed by atoms with E-state index in [0.29, 0.717) is 42.7 Å². The number of rotatable bonds is 6. The summed E-state index contributed by atoms with van der Waals surface area (Å²) in [6, 6.07) is 12.5. The number of hydrogen-bond acceptors (Lipinski definition) is 6. The first-order chi connectivity index (χ1) is 15.3. The average molecular weight is 474 g/mol. The lowest BCUT2D eigenvalue weighted by atomic mass is 9.97. The van der Waals surface area contributed by atoms with Crippen LogP contribution in [-0.2, 0) is 14.8 Å². The highest BCUT2D eigenvalue weighted by molar-refractivity contribution is 7.89. The van der Waals surface area contributed by atoms with Gasteiger partial charge in [0.1, 0.15) is 5.75 Å². The molecule has 1 fully saturated rings. The molecule has 1 aliphatic heterocycles. The maximum atomic E-state index is 12.9. The van der Waals surface area contributed by atoms with Crippen molar-refractivity contribution in [3.05, 3.63) is 48.0 Å². The Balaban J connectivity index is 1.40. The van der Waals surface area contributed by atoms with Crippen molar-refractivity contribution in [1.29, 1.82) is 0 Å². The Morgan fingerprint density at radius 2 is 1.84 bits per heavy atom. The molecule has 1 N–H and O–H groups in total. The number of anilines is 1. The zero-order valence-electron chi connectivity index (χ0n) is 18.4. The molecule has 4 rings (SSSR count). The predicted octanol–water partition coefficient (Wildman–Crippen LogP) is 4.47. The van der Waals surface area contributed by atoms with Crippen LogP contribution in [0.1, 0.15) is 38.2 Å². The van der Waals surface area contributed by atoms with Gasteiger partial charge in [-0.3, -0.25) is 4.79 Å². The van der Waals surface area contributed by atoms with Crippen molar-refractivity contribution in [3.8, 4) is 5.75 Å². The Morgan fingerprint density at radius 1 is 1.16 bits per heavy atom. The van der Waals surface area contributed by atoms with Crippen molar-refractivity contribution in [2.75, 3.05) is 25.5 Å². The maximum absolute atomic E-state index is 12.9. The van der Waals surface area contributed by atoms with Crippen LogP contribution in [-0.4, -0.2) is 43.8 Å². The van der Waals surface area contributed by atoms with Gasteiger partial charge in [-0.05, 0) is 54.7 Å². The number of carbonyl (C=O) groups is 1. The predicted molar refractivity (Wildman–Crippen MR) is 127 cm³/mol. The molecule has 9 heteroatoms. The third-order valence-electron chi connectivity index (χ3n) is 5.82. The Morgan fingerprint density at radius 3 is 2.47 bits per heavy atom. The smallest absolute Gasteiger partial charge is 0.243 e. The number of benzene rings is 2. The van der Waals surface area contributed by atoms with Crippen molar-refractivity contribution in [2.45, 2.75) is 37.5 Å². The Labute approximate surface area is 192 Å². The molecule has 0 spiro atoms. The van der Waals surface area contributed by atoms with E-state index in [1.165, 1.54) is 22.8 Å². The lowest BCUT2D eigenvalue weighted by molar-refractivity contribution is -0.120. The van der Waals surface area contributed by atoms with Crippen molar-refractivity contribution in [3.63, 3.8) is 0 Å². The number of fused-ring (bicyclic) bond motifs is 1. The van der Waals surface area contributed by atoms with Crippen LogP contribution in [0.4, 0.5) is 5.13 Å². The topological polar surface area (TPSA) is 88.6 Å². The zero-order chi connectivity index (χ0) is 22.9. The fraction of sp³-hybridized carbons (Fsp3) is 0.391. The SMILES string of the molecule is COc1ccc(S(=O)(=O)N2CCC(C(=O)Nc3nc4c(C(C)C)cccc4s3)CC2)cc1. The summed E-state index contributed by atoms with van der Waals surface area (Å²) in [6.45, 7) is 4.87. The molecule has 1 aliphatic rings. The standard InChI is InChI=1S/C23H27N3O4S2/c1-15(2)19-5-4-6-20-21(19)24-23(31-20)25-22(27)16-11-13-26(14-12-16)32(28,29)18-9-7-17(30-3)8-10-18/h4-10,15-16H,11-14H2,1-3H3,(H,24,25,27). The van der Waals surface area contributed by atoms with Crippen LogP contribution < -0.4 is 10.1 Å². The highest BCUT2D eigenvalue weighted by atomic mass is 32.2. The summed E-state index contributed by atoms with van der Waals surface area (Å²) in [5.41, 5.74) is 2.10. The van der Waals surface area contributed by atoms with Gasteiger partial charge in [-0.15, -0.1) is 0 Å². The molecular formula is C23H27N3O4S2. The first-order valence-corrected chi connectivity index (χ1v) is 12.9. The molecular weight excluding hydrogens is 446 g/mol. The fourth-order valence-electron chi connectivity index (χ4n) is 3.95. The van der Waals surface area contributed by atoms with E-state index in [1.807, 2.05) is 12.1 Å². The minimum atomic E-state index is -3.59. The van der Waals surface area contributed by atoms with Crippen LogP contribution in [0.25, 0.3) is 10.2 Å². The number of para-hydroxylation sites is 1. The summed E-state index contributed by atoms with van der Waals surface area (Å²) < 4.78 is 33.4. The van der Waals surface area contributed by atoms with Gasteiger partial charge in [0.15, 0.2) is 5.13 Å². The second-order valence-electron chi connectivity index (χ2n) is 8.21. The van der Waals surface area contributed by atoms with E-state index in [2.05, 4.69) is 30.2 Å². The molecule has 2 heterocycles. The van der Waals surface area contributed by atoms with E-state index in [0.717, 1.165) is 15.8 Å². The van der Waals surface area contributed by atoms with Gasteiger partial charge >= 0.3 is 0 Å². The number of piperidine rings is 1. The highest BCUT2D eigenvalue weighted by Crippen LogP contribution is 2.32. The maximum Gasteiger partial charge on any atom is 0.243 e. The molecule has 0 aliphatic carbocycles. The third-order valence-corrected chi connectivity index (χ3v) is 8.67. The summed E-state index contributed by atoms with van der Waals surface area (Å²) in [5, 5.41) is 3.54. The van der Waals surface area contributed by atoms with Gasteiger partial charge < -0.3 is 10.1 Å². The van der Waals surface area contributed by atoms with Crippen LogP contribution >= 0.6 is 11.3 Å². The molecule has 0 radical (unpaired) electrons. The van der Waals surface area contributed by atoms with Gasteiger partial charge in [0, 0.05) is 19.0 Å². The summed E-state index contributed by atoms with van der Waals surface area (Å²) in [5.74, 6) is 0.613. The summed E-state index contributed by atoms with van der Waals surface area (Å²) in [7, 11) is -2.05. The number of nitrogens with zero attached hydrogens (tertiary/aromatic N) is 2. The number of methoxy groups -OCH3 is 1. The quantitative estimate of drug-likeness (QED) is 0.571. The monoisotopic (exact) mass is 473 g/mol.